The van der Waals surface area contributed by atoms with Crippen LogP contribution in [0.25, 0.3) is 0 Å². The molecule has 1 N–H and O–H groups in total. The van der Waals surface area contributed by atoms with Gasteiger partial charge in [0.1, 0.15) is 12.2 Å². The standard InChI is InChI=1S/C22H36O8/c1-4-16-18(29-16)12-20(27-14(2)23)21(28-15(3)24)13-19-17(30-19)10-8-6-5-7-9-11-22(25)26/h16-21H,4-13H2,1-3H3,(H,25,26). The van der Waals surface area contributed by atoms with Gasteiger partial charge in [0.2, 0.25) is 0 Å². The van der Waals surface area contributed by atoms with Gasteiger partial charge in [-0.2, -0.15) is 0 Å². The van der Waals surface area contributed by atoms with Crippen molar-refractivity contribution in [2.75, 3.05) is 0 Å². The van der Waals surface area contributed by atoms with E-state index in [1.54, 1.807) is 0 Å². The molecular formula is C22H36O8. The second-order valence-corrected chi connectivity index (χ2v) is 8.30. The van der Waals surface area contributed by atoms with Crippen molar-refractivity contribution in [3.8, 4) is 0 Å². The lowest BCUT2D eigenvalue weighted by atomic mass is 9.99. The summed E-state index contributed by atoms with van der Waals surface area (Å²) in [6.07, 6.45) is 7.12. The highest BCUT2D eigenvalue weighted by molar-refractivity contribution is 5.67. The summed E-state index contributed by atoms with van der Waals surface area (Å²) in [6, 6.07) is 0. The Labute approximate surface area is 178 Å². The fourth-order valence-corrected chi connectivity index (χ4v) is 3.97. The van der Waals surface area contributed by atoms with Gasteiger partial charge >= 0.3 is 17.9 Å². The summed E-state index contributed by atoms with van der Waals surface area (Å²) in [6.45, 7) is 4.76. The lowest BCUT2D eigenvalue weighted by Crippen LogP contribution is -2.37. The maximum atomic E-state index is 11.6. The first-order valence-electron chi connectivity index (χ1n) is 11.2. The normalized spacial score (nSPS) is 26.5. The molecule has 6 atom stereocenters. The zero-order valence-corrected chi connectivity index (χ0v) is 18.3. The van der Waals surface area contributed by atoms with Crippen molar-refractivity contribution in [1.29, 1.82) is 0 Å². The number of carbonyl (C=O) groups is 3. The zero-order chi connectivity index (χ0) is 22.1. The molecule has 2 heterocycles. The second kappa shape index (κ2) is 12.2. The molecule has 2 rings (SSSR count). The minimum Gasteiger partial charge on any atom is -0.481 e. The average molecular weight is 429 g/mol. The number of carboxylic acids is 1. The topological polar surface area (TPSA) is 115 Å². The van der Waals surface area contributed by atoms with E-state index in [0.717, 1.165) is 44.9 Å². The highest BCUT2D eigenvalue weighted by Crippen LogP contribution is 2.36. The summed E-state index contributed by atoms with van der Waals surface area (Å²) in [5.74, 6) is -1.54. The quantitative estimate of drug-likeness (QED) is 0.226. The molecule has 0 bridgehead atoms. The van der Waals surface area contributed by atoms with Gasteiger partial charge in [-0.1, -0.05) is 32.6 Å². The number of carbonyl (C=O) groups excluding carboxylic acids is 2. The van der Waals surface area contributed by atoms with Gasteiger partial charge in [-0.05, 0) is 19.3 Å². The van der Waals surface area contributed by atoms with Gasteiger partial charge in [-0.15, -0.1) is 0 Å². The number of hydrogen-bond acceptors (Lipinski definition) is 7. The Kier molecular flexibility index (Phi) is 10.0. The molecule has 8 nitrogen and oxygen atoms in total. The molecule has 172 valence electrons. The molecule has 0 saturated carbocycles. The van der Waals surface area contributed by atoms with Gasteiger partial charge < -0.3 is 24.1 Å². The number of ether oxygens (including phenoxy) is 4. The van der Waals surface area contributed by atoms with Crippen molar-refractivity contribution in [1.82, 2.24) is 0 Å². The third kappa shape index (κ3) is 9.43. The van der Waals surface area contributed by atoms with Crippen LogP contribution in [-0.4, -0.2) is 59.6 Å². The Hall–Kier alpha value is -1.67. The summed E-state index contributed by atoms with van der Waals surface area (Å²) >= 11 is 0. The van der Waals surface area contributed by atoms with E-state index < -0.39 is 30.1 Å². The fraction of sp³-hybridized carbons (Fsp3) is 0.864. The third-order valence-electron chi connectivity index (χ3n) is 5.64. The van der Waals surface area contributed by atoms with E-state index in [9.17, 15) is 14.4 Å². The number of carboxylic acid groups (broad SMARTS) is 1. The van der Waals surface area contributed by atoms with Crippen LogP contribution in [0.2, 0.25) is 0 Å². The van der Waals surface area contributed by atoms with E-state index in [4.69, 9.17) is 24.1 Å². The van der Waals surface area contributed by atoms with Crippen LogP contribution in [-0.2, 0) is 33.3 Å². The summed E-state index contributed by atoms with van der Waals surface area (Å²) in [5.41, 5.74) is 0. The van der Waals surface area contributed by atoms with Crippen LogP contribution in [0.3, 0.4) is 0 Å². The molecule has 8 heteroatoms. The highest BCUT2D eigenvalue weighted by atomic mass is 16.6. The first-order valence-corrected chi connectivity index (χ1v) is 11.2. The Bertz CT molecular complexity index is 577. The Morgan fingerprint density at radius 1 is 0.800 bits per heavy atom. The van der Waals surface area contributed by atoms with E-state index in [-0.39, 0.29) is 30.8 Å². The number of unbranched alkanes of at least 4 members (excludes halogenated alkanes) is 4. The second-order valence-electron chi connectivity index (χ2n) is 8.30. The Morgan fingerprint density at radius 2 is 1.30 bits per heavy atom. The van der Waals surface area contributed by atoms with Gasteiger partial charge in [-0.3, -0.25) is 14.4 Å². The van der Waals surface area contributed by atoms with E-state index in [2.05, 4.69) is 0 Å². The SMILES string of the molecule is CCC1OC1CC(OC(C)=O)C(CC1OC1CCCCCCCC(=O)O)OC(C)=O. The molecule has 0 aliphatic carbocycles. The smallest absolute Gasteiger partial charge is 0.303 e. The van der Waals surface area contributed by atoms with Gasteiger partial charge in [0.05, 0.1) is 24.4 Å². The van der Waals surface area contributed by atoms with Crippen LogP contribution in [0.4, 0.5) is 0 Å². The van der Waals surface area contributed by atoms with Crippen molar-refractivity contribution in [2.45, 2.75) is 122 Å². The summed E-state index contributed by atoms with van der Waals surface area (Å²) in [5, 5.41) is 8.63. The molecule has 30 heavy (non-hydrogen) atoms. The monoisotopic (exact) mass is 428 g/mol. The molecule has 0 amide bonds. The average Bonchev–Trinajstić information content (AvgIpc) is 3.56. The maximum Gasteiger partial charge on any atom is 0.303 e. The minimum atomic E-state index is -0.739. The molecule has 2 saturated heterocycles. The summed E-state index contributed by atoms with van der Waals surface area (Å²) in [4.78, 5) is 33.7. The Balaban J connectivity index is 1.73. The minimum absolute atomic E-state index is 0.00140. The van der Waals surface area contributed by atoms with E-state index in [1.807, 2.05) is 6.92 Å². The molecule has 2 aliphatic rings. The van der Waals surface area contributed by atoms with Gasteiger partial charge in [0, 0.05) is 33.1 Å². The van der Waals surface area contributed by atoms with Crippen LogP contribution in [0.15, 0.2) is 0 Å². The molecule has 0 aromatic heterocycles. The number of aliphatic carboxylic acids is 1. The van der Waals surface area contributed by atoms with Crippen molar-refractivity contribution >= 4 is 17.9 Å². The van der Waals surface area contributed by atoms with Gasteiger partial charge in [0.25, 0.3) is 0 Å². The maximum absolute atomic E-state index is 11.6. The van der Waals surface area contributed by atoms with Crippen molar-refractivity contribution in [3.05, 3.63) is 0 Å². The van der Waals surface area contributed by atoms with E-state index >= 15 is 0 Å². The number of epoxide rings is 2. The van der Waals surface area contributed by atoms with Crippen LogP contribution in [0.1, 0.15) is 85.0 Å². The molecule has 0 radical (unpaired) electrons. The van der Waals surface area contributed by atoms with Crippen LogP contribution in [0, 0.1) is 0 Å². The summed E-state index contributed by atoms with van der Waals surface area (Å²) in [7, 11) is 0. The molecule has 6 unspecified atom stereocenters. The number of hydrogen-bond donors (Lipinski definition) is 1. The predicted octanol–water partition coefficient (Wildman–Crippen LogP) is 3.39. The molecule has 2 aliphatic heterocycles. The first kappa shape index (κ1) is 24.6. The van der Waals surface area contributed by atoms with Crippen LogP contribution >= 0.6 is 0 Å². The number of esters is 2. The van der Waals surface area contributed by atoms with Crippen LogP contribution in [0.5, 0.6) is 0 Å². The lowest BCUT2D eigenvalue weighted by molar-refractivity contribution is -0.167. The Morgan fingerprint density at radius 3 is 1.80 bits per heavy atom. The summed E-state index contributed by atoms with van der Waals surface area (Å²) < 4.78 is 22.3. The molecule has 0 aromatic rings. The van der Waals surface area contributed by atoms with Crippen molar-refractivity contribution in [2.24, 2.45) is 0 Å². The molecule has 0 aromatic carbocycles. The van der Waals surface area contributed by atoms with Crippen molar-refractivity contribution < 1.29 is 38.4 Å². The fourth-order valence-electron chi connectivity index (χ4n) is 3.97. The third-order valence-corrected chi connectivity index (χ3v) is 5.64. The largest absolute Gasteiger partial charge is 0.481 e. The van der Waals surface area contributed by atoms with Crippen LogP contribution < -0.4 is 0 Å². The number of rotatable bonds is 16. The predicted molar refractivity (Wildman–Crippen MR) is 108 cm³/mol. The molecule has 2 fully saturated rings. The van der Waals surface area contributed by atoms with E-state index in [1.165, 1.54) is 13.8 Å². The van der Waals surface area contributed by atoms with Gasteiger partial charge in [-0.25, -0.2) is 0 Å². The van der Waals surface area contributed by atoms with Gasteiger partial charge in [0.15, 0.2) is 0 Å². The van der Waals surface area contributed by atoms with E-state index in [0.29, 0.717) is 12.8 Å². The molecular weight excluding hydrogens is 392 g/mol. The zero-order valence-electron chi connectivity index (χ0n) is 18.3. The highest BCUT2D eigenvalue weighted by Gasteiger charge is 2.46. The first-order chi connectivity index (χ1) is 14.3. The van der Waals surface area contributed by atoms with Crippen molar-refractivity contribution in [3.63, 3.8) is 0 Å². The lowest BCUT2D eigenvalue weighted by Gasteiger charge is -2.25. The molecule has 0 spiro atoms.